The highest BCUT2D eigenvalue weighted by Gasteiger charge is 2.13. The average molecular weight is 382 g/mol. The molecule has 1 N–H and O–H groups in total. The zero-order valence-electron chi connectivity index (χ0n) is 11.1. The minimum atomic E-state index is -0.602. The number of carbonyl (C=O) groups is 1. The third-order valence-electron chi connectivity index (χ3n) is 2.71. The monoisotopic (exact) mass is 380 g/mol. The standard InChI is InChI=1S/C15H10BrClN2O3/c16-11-4-1-10(2-5-11)3-8-15(20)18-12-6-7-13(17)14(9-12)19(21)22/h1-9H,(H,18,20)/b8-3+. The maximum absolute atomic E-state index is 11.8. The van der Waals surface area contributed by atoms with E-state index in [9.17, 15) is 14.9 Å². The lowest BCUT2D eigenvalue weighted by molar-refractivity contribution is -0.384. The molecule has 0 aromatic heterocycles. The number of nitro groups is 1. The van der Waals surface area contributed by atoms with Crippen LogP contribution in [0.5, 0.6) is 0 Å². The van der Waals surface area contributed by atoms with Crippen molar-refractivity contribution in [2.24, 2.45) is 0 Å². The first-order valence-electron chi connectivity index (χ1n) is 6.14. The number of anilines is 1. The van der Waals surface area contributed by atoms with Gasteiger partial charge in [0.2, 0.25) is 5.91 Å². The predicted octanol–water partition coefficient (Wildman–Crippen LogP) is 4.66. The zero-order valence-corrected chi connectivity index (χ0v) is 13.5. The van der Waals surface area contributed by atoms with Crippen molar-refractivity contribution in [1.29, 1.82) is 0 Å². The second-order valence-corrected chi connectivity index (χ2v) is 5.62. The van der Waals surface area contributed by atoms with Gasteiger partial charge in [-0.15, -0.1) is 0 Å². The van der Waals surface area contributed by atoms with Gasteiger partial charge >= 0.3 is 0 Å². The van der Waals surface area contributed by atoms with Gasteiger partial charge in [0.1, 0.15) is 5.02 Å². The van der Waals surface area contributed by atoms with Gasteiger partial charge in [-0.05, 0) is 35.9 Å². The molecule has 2 aromatic carbocycles. The van der Waals surface area contributed by atoms with Crippen molar-refractivity contribution in [1.82, 2.24) is 0 Å². The summed E-state index contributed by atoms with van der Waals surface area (Å²) in [6.07, 6.45) is 3.00. The van der Waals surface area contributed by atoms with E-state index in [4.69, 9.17) is 11.6 Å². The molecule has 7 heteroatoms. The summed E-state index contributed by atoms with van der Waals surface area (Å²) in [6, 6.07) is 11.5. The number of carbonyl (C=O) groups excluding carboxylic acids is 1. The van der Waals surface area contributed by atoms with Gasteiger partial charge in [-0.25, -0.2) is 0 Å². The summed E-state index contributed by atoms with van der Waals surface area (Å²) in [6.45, 7) is 0. The van der Waals surface area contributed by atoms with Crippen LogP contribution in [0.2, 0.25) is 5.02 Å². The fraction of sp³-hybridized carbons (Fsp3) is 0. The van der Waals surface area contributed by atoms with E-state index in [-0.39, 0.29) is 16.6 Å². The van der Waals surface area contributed by atoms with Crippen LogP contribution in [-0.4, -0.2) is 10.8 Å². The van der Waals surface area contributed by atoms with Gasteiger partial charge in [0.05, 0.1) is 4.92 Å². The molecule has 0 saturated carbocycles. The summed E-state index contributed by atoms with van der Waals surface area (Å²) in [5, 5.41) is 13.4. The second-order valence-electron chi connectivity index (χ2n) is 4.30. The normalized spacial score (nSPS) is 10.6. The molecule has 112 valence electrons. The summed E-state index contributed by atoms with van der Waals surface area (Å²) < 4.78 is 0.947. The highest BCUT2D eigenvalue weighted by atomic mass is 79.9. The van der Waals surface area contributed by atoms with Gasteiger partial charge in [0, 0.05) is 22.3 Å². The van der Waals surface area contributed by atoms with Crippen LogP contribution in [0, 0.1) is 10.1 Å². The van der Waals surface area contributed by atoms with Gasteiger partial charge in [0.15, 0.2) is 0 Å². The van der Waals surface area contributed by atoms with Crippen molar-refractivity contribution in [2.45, 2.75) is 0 Å². The van der Waals surface area contributed by atoms with E-state index in [1.165, 1.54) is 24.3 Å². The molecule has 0 aliphatic carbocycles. The molecular formula is C15H10BrClN2O3. The number of amides is 1. The molecule has 0 fully saturated rings. The molecule has 0 spiro atoms. The summed E-state index contributed by atoms with van der Waals surface area (Å²) in [4.78, 5) is 22.0. The maximum Gasteiger partial charge on any atom is 0.289 e. The Morgan fingerprint density at radius 3 is 2.55 bits per heavy atom. The number of rotatable bonds is 4. The Bertz CT molecular complexity index is 745. The molecule has 0 bridgehead atoms. The Morgan fingerprint density at radius 2 is 1.91 bits per heavy atom. The second kappa shape index (κ2) is 7.20. The predicted molar refractivity (Wildman–Crippen MR) is 89.9 cm³/mol. The van der Waals surface area contributed by atoms with Crippen LogP contribution in [-0.2, 0) is 4.79 Å². The van der Waals surface area contributed by atoms with Crippen LogP contribution in [0.1, 0.15) is 5.56 Å². The Kier molecular flexibility index (Phi) is 5.30. The smallest absolute Gasteiger partial charge is 0.289 e. The first-order valence-corrected chi connectivity index (χ1v) is 7.31. The van der Waals surface area contributed by atoms with E-state index in [1.54, 1.807) is 6.08 Å². The van der Waals surface area contributed by atoms with Crippen LogP contribution in [0.4, 0.5) is 11.4 Å². The van der Waals surface area contributed by atoms with Crippen molar-refractivity contribution in [3.05, 3.63) is 73.7 Å². The maximum atomic E-state index is 11.8. The topological polar surface area (TPSA) is 72.2 Å². The van der Waals surface area contributed by atoms with Gasteiger partial charge in [-0.1, -0.05) is 39.7 Å². The Morgan fingerprint density at radius 1 is 1.23 bits per heavy atom. The zero-order chi connectivity index (χ0) is 16.1. The molecular weight excluding hydrogens is 372 g/mol. The average Bonchev–Trinajstić information content (AvgIpc) is 2.48. The third kappa shape index (κ3) is 4.41. The SMILES string of the molecule is O=C(/C=C/c1ccc(Br)cc1)Nc1ccc(Cl)c([N+](=O)[O-])c1. The molecule has 5 nitrogen and oxygen atoms in total. The van der Waals surface area contributed by atoms with Crippen molar-refractivity contribution in [3.8, 4) is 0 Å². The molecule has 2 rings (SSSR count). The molecule has 0 radical (unpaired) electrons. The molecule has 2 aromatic rings. The van der Waals surface area contributed by atoms with Crippen molar-refractivity contribution in [2.75, 3.05) is 5.32 Å². The van der Waals surface area contributed by atoms with Gasteiger partial charge < -0.3 is 5.32 Å². The summed E-state index contributed by atoms with van der Waals surface area (Å²) in [5.74, 6) is -0.389. The molecule has 0 atom stereocenters. The number of benzene rings is 2. The first-order chi connectivity index (χ1) is 10.5. The van der Waals surface area contributed by atoms with Gasteiger partial charge in [-0.3, -0.25) is 14.9 Å². The number of hydrogen-bond acceptors (Lipinski definition) is 3. The van der Waals surface area contributed by atoms with Crippen LogP contribution in [0.25, 0.3) is 6.08 Å². The summed E-state index contributed by atoms with van der Waals surface area (Å²) in [7, 11) is 0. The molecule has 1 amide bonds. The lowest BCUT2D eigenvalue weighted by Crippen LogP contribution is -2.08. The lowest BCUT2D eigenvalue weighted by atomic mass is 10.2. The summed E-state index contributed by atoms with van der Waals surface area (Å²) in [5.41, 5.74) is 0.915. The van der Waals surface area contributed by atoms with E-state index >= 15 is 0 Å². The number of nitrogens with zero attached hydrogens (tertiary/aromatic N) is 1. The van der Waals surface area contributed by atoms with Crippen molar-refractivity contribution >= 4 is 50.9 Å². The highest BCUT2D eigenvalue weighted by Crippen LogP contribution is 2.27. The number of nitro benzene ring substituents is 1. The Balaban J connectivity index is 2.07. The fourth-order valence-electron chi connectivity index (χ4n) is 1.66. The molecule has 0 heterocycles. The molecule has 0 saturated heterocycles. The fourth-order valence-corrected chi connectivity index (χ4v) is 2.11. The van der Waals surface area contributed by atoms with E-state index in [0.717, 1.165) is 10.0 Å². The van der Waals surface area contributed by atoms with Crippen LogP contribution in [0.15, 0.2) is 53.0 Å². The van der Waals surface area contributed by atoms with E-state index in [0.29, 0.717) is 5.69 Å². The van der Waals surface area contributed by atoms with E-state index < -0.39 is 4.92 Å². The minimum Gasteiger partial charge on any atom is -0.322 e. The third-order valence-corrected chi connectivity index (χ3v) is 3.56. The van der Waals surface area contributed by atoms with Crippen LogP contribution in [0.3, 0.4) is 0 Å². The summed E-state index contributed by atoms with van der Waals surface area (Å²) >= 11 is 9.03. The molecule has 0 aliphatic rings. The van der Waals surface area contributed by atoms with Crippen molar-refractivity contribution < 1.29 is 9.72 Å². The Labute approximate surface area is 139 Å². The largest absolute Gasteiger partial charge is 0.322 e. The van der Waals surface area contributed by atoms with Crippen LogP contribution >= 0.6 is 27.5 Å². The quantitative estimate of drug-likeness (QED) is 0.475. The first kappa shape index (κ1) is 16.2. The van der Waals surface area contributed by atoms with E-state index in [1.807, 2.05) is 24.3 Å². The molecule has 22 heavy (non-hydrogen) atoms. The van der Waals surface area contributed by atoms with Crippen molar-refractivity contribution in [3.63, 3.8) is 0 Å². The Hall–Kier alpha value is -2.18. The number of nitrogens with one attached hydrogen (secondary N) is 1. The minimum absolute atomic E-state index is 0.0217. The van der Waals surface area contributed by atoms with Gasteiger partial charge in [-0.2, -0.15) is 0 Å². The van der Waals surface area contributed by atoms with E-state index in [2.05, 4.69) is 21.2 Å². The van der Waals surface area contributed by atoms with Gasteiger partial charge in [0.25, 0.3) is 5.69 Å². The van der Waals surface area contributed by atoms with Crippen LogP contribution < -0.4 is 5.32 Å². The molecule has 0 unspecified atom stereocenters. The lowest BCUT2D eigenvalue weighted by Gasteiger charge is -2.03. The number of halogens is 2. The molecule has 0 aliphatic heterocycles. The highest BCUT2D eigenvalue weighted by molar-refractivity contribution is 9.10. The number of hydrogen-bond donors (Lipinski definition) is 1.